The van der Waals surface area contributed by atoms with Crippen LogP contribution in [0.1, 0.15) is 78.6 Å². The van der Waals surface area contributed by atoms with Crippen molar-refractivity contribution in [2.24, 2.45) is 5.92 Å². The molecular formula is C40H47N5O8S2. The van der Waals surface area contributed by atoms with Crippen molar-refractivity contribution < 1.29 is 37.1 Å². The molecule has 1 aliphatic carbocycles. The van der Waals surface area contributed by atoms with Gasteiger partial charge in [0.1, 0.15) is 33.5 Å². The predicted molar refractivity (Wildman–Crippen MR) is 208 cm³/mol. The zero-order valence-corrected chi connectivity index (χ0v) is 32.8. The number of alkyl carbamates (subject to hydrolysis) is 1. The van der Waals surface area contributed by atoms with E-state index >= 15 is 0 Å². The van der Waals surface area contributed by atoms with Gasteiger partial charge in [0.05, 0.1) is 12.1 Å². The van der Waals surface area contributed by atoms with Gasteiger partial charge in [0.15, 0.2) is 0 Å². The van der Waals surface area contributed by atoms with Crippen molar-refractivity contribution in [1.29, 1.82) is 0 Å². The molecule has 2 aromatic heterocycles. The summed E-state index contributed by atoms with van der Waals surface area (Å²) in [7, 11) is -4.17. The van der Waals surface area contributed by atoms with Crippen molar-refractivity contribution in [3.05, 3.63) is 66.0 Å². The van der Waals surface area contributed by atoms with Crippen LogP contribution in [0.15, 0.2) is 70.3 Å². The Balaban J connectivity index is 1.21. The number of rotatable bonds is 6. The van der Waals surface area contributed by atoms with Crippen LogP contribution in [0.25, 0.3) is 21.7 Å². The van der Waals surface area contributed by atoms with Gasteiger partial charge in [-0.1, -0.05) is 74.6 Å². The van der Waals surface area contributed by atoms with E-state index in [0.717, 1.165) is 58.7 Å². The molecule has 4 aromatic rings. The van der Waals surface area contributed by atoms with E-state index in [1.807, 2.05) is 48.5 Å². The summed E-state index contributed by atoms with van der Waals surface area (Å²) in [6.07, 6.45) is 3.83. The van der Waals surface area contributed by atoms with Crippen molar-refractivity contribution in [2.45, 2.75) is 112 Å². The maximum absolute atomic E-state index is 14.6. The molecule has 4 amide bonds. The van der Waals surface area contributed by atoms with Crippen molar-refractivity contribution in [3.8, 4) is 5.88 Å². The number of sulfonamides is 1. The van der Waals surface area contributed by atoms with Crippen molar-refractivity contribution >= 4 is 66.9 Å². The van der Waals surface area contributed by atoms with E-state index in [1.165, 1.54) is 11.0 Å². The zero-order valence-electron chi connectivity index (χ0n) is 31.2. The average molecular weight is 790 g/mol. The van der Waals surface area contributed by atoms with Gasteiger partial charge in [0.25, 0.3) is 15.9 Å². The molecule has 15 heteroatoms. The molecule has 2 aromatic carbocycles. The second-order valence-electron chi connectivity index (χ2n) is 15.7. The lowest BCUT2D eigenvalue weighted by atomic mass is 10.0. The molecule has 3 fully saturated rings. The van der Waals surface area contributed by atoms with Crippen LogP contribution in [0.2, 0.25) is 0 Å². The van der Waals surface area contributed by atoms with E-state index in [0.29, 0.717) is 25.1 Å². The summed E-state index contributed by atoms with van der Waals surface area (Å²) in [6.45, 7) is 5.21. The van der Waals surface area contributed by atoms with Crippen molar-refractivity contribution in [1.82, 2.24) is 25.2 Å². The first-order valence-corrected chi connectivity index (χ1v) is 21.3. The third-order valence-electron chi connectivity index (χ3n) is 10.6. The first-order chi connectivity index (χ1) is 26.2. The Labute approximate surface area is 324 Å². The summed E-state index contributed by atoms with van der Waals surface area (Å²) in [6, 6.07) is 16.4. The Kier molecular flexibility index (Phi) is 10.8. The Morgan fingerprint density at radius 3 is 2.35 bits per heavy atom. The molecule has 0 bridgehead atoms. The second kappa shape index (κ2) is 15.4. The summed E-state index contributed by atoms with van der Waals surface area (Å²) in [5.74, 6) is -1.81. The van der Waals surface area contributed by atoms with Crippen molar-refractivity contribution in [2.75, 3.05) is 6.54 Å². The molecular weight excluding hydrogens is 743 g/mol. The van der Waals surface area contributed by atoms with Crippen LogP contribution in [0.5, 0.6) is 5.88 Å². The number of hydrogen-bond acceptors (Lipinski definition) is 10. The number of nitrogens with one attached hydrogen (secondary N) is 3. The van der Waals surface area contributed by atoms with Crippen LogP contribution in [0.3, 0.4) is 0 Å². The number of ether oxygens (including phenoxy) is 2. The highest BCUT2D eigenvalue weighted by Gasteiger charge is 2.62. The first kappa shape index (κ1) is 38.5. The minimum atomic E-state index is -4.17. The SMILES string of the molecule is CC(C)(C)OC(=O)N[C@H]1CCCCCCC[C@@H]2C[C@@]2(C(=O)NS(=O)(=O)c2cccs2)NC(=O)[C@@H]2C[C@@H](Oc3nc4ccccc4c4ccccc34)CN2C1=O. The third kappa shape index (κ3) is 8.42. The molecule has 2 aliphatic heterocycles. The number of carbonyl (C=O) groups excluding carboxylic acids is 4. The summed E-state index contributed by atoms with van der Waals surface area (Å²) in [5.41, 5.74) is -1.55. The highest BCUT2D eigenvalue weighted by Crippen LogP contribution is 2.48. The van der Waals surface area contributed by atoms with E-state index in [2.05, 4.69) is 15.4 Å². The lowest BCUT2D eigenvalue weighted by Gasteiger charge is -2.30. The number of benzene rings is 2. The highest BCUT2D eigenvalue weighted by molar-refractivity contribution is 7.92. The fourth-order valence-corrected chi connectivity index (χ4v) is 9.85. The molecule has 55 heavy (non-hydrogen) atoms. The summed E-state index contributed by atoms with van der Waals surface area (Å²) >= 11 is 0.986. The van der Waals surface area contributed by atoms with Crippen LogP contribution in [-0.4, -0.2) is 78.0 Å². The van der Waals surface area contributed by atoms with Gasteiger partial charge in [0.2, 0.25) is 17.7 Å². The fourth-order valence-electron chi connectivity index (χ4n) is 7.82. The molecule has 2 saturated heterocycles. The zero-order chi connectivity index (χ0) is 39.0. The number of para-hydroxylation sites is 1. The van der Waals surface area contributed by atoms with Gasteiger partial charge in [-0.05, 0) is 74.9 Å². The highest BCUT2D eigenvalue weighted by atomic mass is 32.2. The van der Waals surface area contributed by atoms with Crippen LogP contribution in [0, 0.1) is 5.92 Å². The second-order valence-corrected chi connectivity index (χ2v) is 18.6. The van der Waals surface area contributed by atoms with Gasteiger partial charge < -0.3 is 25.0 Å². The fraction of sp³-hybridized carbons (Fsp3) is 0.475. The smallest absolute Gasteiger partial charge is 0.408 e. The Morgan fingerprint density at radius 1 is 0.927 bits per heavy atom. The van der Waals surface area contributed by atoms with Crippen LogP contribution < -0.4 is 20.1 Å². The Hall–Kier alpha value is -4.76. The third-order valence-corrected chi connectivity index (χ3v) is 13.3. The molecule has 13 nitrogen and oxygen atoms in total. The quantitative estimate of drug-likeness (QED) is 0.204. The van der Waals surface area contributed by atoms with Crippen LogP contribution >= 0.6 is 11.3 Å². The number of hydrogen-bond donors (Lipinski definition) is 3. The molecule has 5 atom stereocenters. The maximum Gasteiger partial charge on any atom is 0.408 e. The van der Waals surface area contributed by atoms with Gasteiger partial charge >= 0.3 is 6.09 Å². The molecule has 7 rings (SSSR count). The summed E-state index contributed by atoms with van der Waals surface area (Å²) in [4.78, 5) is 62.3. The monoisotopic (exact) mass is 789 g/mol. The molecule has 292 valence electrons. The Morgan fingerprint density at radius 2 is 1.62 bits per heavy atom. The molecule has 0 spiro atoms. The van der Waals surface area contributed by atoms with E-state index < -0.39 is 63.2 Å². The van der Waals surface area contributed by atoms with E-state index in [4.69, 9.17) is 14.5 Å². The number of thiophene rings is 1. The summed E-state index contributed by atoms with van der Waals surface area (Å²) < 4.78 is 40.6. The largest absolute Gasteiger partial charge is 0.472 e. The number of carbonyl (C=O) groups is 4. The average Bonchev–Trinajstić information content (AvgIpc) is 3.45. The van der Waals surface area contributed by atoms with Gasteiger partial charge in [0, 0.05) is 17.2 Å². The minimum absolute atomic E-state index is 0.00162. The van der Waals surface area contributed by atoms with Crippen LogP contribution in [-0.2, 0) is 29.1 Å². The van der Waals surface area contributed by atoms with Gasteiger partial charge in [-0.2, -0.15) is 0 Å². The van der Waals surface area contributed by atoms with E-state index in [1.54, 1.807) is 32.2 Å². The van der Waals surface area contributed by atoms with Gasteiger partial charge in [-0.15, -0.1) is 11.3 Å². The van der Waals surface area contributed by atoms with E-state index in [9.17, 15) is 27.6 Å². The normalized spacial score (nSPS) is 25.2. The number of fused-ring (bicyclic) bond motifs is 5. The van der Waals surface area contributed by atoms with Crippen molar-refractivity contribution in [3.63, 3.8) is 0 Å². The molecule has 3 aliphatic rings. The predicted octanol–water partition coefficient (Wildman–Crippen LogP) is 5.82. The van der Waals surface area contributed by atoms with Gasteiger partial charge in [-0.3, -0.25) is 14.4 Å². The number of aromatic nitrogens is 1. The lowest BCUT2D eigenvalue weighted by Crippen LogP contribution is -2.58. The maximum atomic E-state index is 14.6. The number of nitrogens with zero attached hydrogens (tertiary/aromatic N) is 2. The standard InChI is InChI=1S/C40H47N5O8S2/c1-39(2,3)53-38(49)42-31-19-8-6-4-5-7-14-25-23-40(25,37(48)44-55(50,51)33-20-13-21-54-33)43-34(46)32-22-26(24-45(32)36(31)47)52-35-29-17-10-9-15-27(29)28-16-11-12-18-30(28)41-35/h9-13,15-18,20-21,25-26,31-32H,4-8,14,19,22-24H2,1-3H3,(H,42,49)(H,43,46)(H,44,48)/t25-,26-,31+,32+,40-/m1/s1. The molecule has 4 heterocycles. The minimum Gasteiger partial charge on any atom is -0.472 e. The molecule has 3 N–H and O–H groups in total. The first-order valence-electron chi connectivity index (χ1n) is 18.9. The Bertz CT molecular complexity index is 2210. The number of pyridine rings is 1. The molecule has 0 unspecified atom stereocenters. The number of amides is 4. The van der Waals surface area contributed by atoms with E-state index in [-0.39, 0.29) is 29.5 Å². The molecule has 1 saturated carbocycles. The van der Waals surface area contributed by atoms with Crippen LogP contribution in [0.4, 0.5) is 4.79 Å². The lowest BCUT2D eigenvalue weighted by molar-refractivity contribution is -0.141. The van der Waals surface area contributed by atoms with Gasteiger partial charge in [-0.25, -0.2) is 22.9 Å². The molecule has 0 radical (unpaired) electrons. The topological polar surface area (TPSA) is 173 Å². The summed E-state index contributed by atoms with van der Waals surface area (Å²) in [5, 5.41) is 9.98.